The van der Waals surface area contributed by atoms with Crippen LogP contribution in [0.5, 0.6) is 0 Å². The van der Waals surface area contributed by atoms with Gasteiger partial charge in [-0.15, -0.1) is 10.2 Å². The molecule has 2 aliphatic rings. The number of benzene rings is 1. The topological polar surface area (TPSA) is 114 Å². The number of rotatable bonds is 9. The molecule has 1 aromatic heterocycles. The summed E-state index contributed by atoms with van der Waals surface area (Å²) in [6.45, 7) is 0. The average Bonchev–Trinajstić information content (AvgIpc) is 3.51. The molecule has 0 aliphatic heterocycles. The van der Waals surface area contributed by atoms with Crippen molar-refractivity contribution in [3.63, 3.8) is 0 Å². The summed E-state index contributed by atoms with van der Waals surface area (Å²) in [7, 11) is 0. The smallest absolute Gasteiger partial charge is 0.286 e. The van der Waals surface area contributed by atoms with Crippen LogP contribution in [-0.4, -0.2) is 46.1 Å². The van der Waals surface area contributed by atoms with Crippen molar-refractivity contribution in [3.05, 3.63) is 41.8 Å². The predicted octanol–water partition coefficient (Wildman–Crippen LogP) is 3.25. The van der Waals surface area contributed by atoms with E-state index in [2.05, 4.69) is 20.8 Å². The van der Waals surface area contributed by atoms with Crippen LogP contribution >= 0.6 is 11.8 Å². The Morgan fingerprint density at radius 1 is 1.09 bits per heavy atom. The molecular weight excluding hydrogens is 428 g/mol. The number of nitrogens with one attached hydrogen (secondary N) is 2. The van der Waals surface area contributed by atoms with Gasteiger partial charge in [0.25, 0.3) is 17.0 Å². The summed E-state index contributed by atoms with van der Waals surface area (Å²) in [5.74, 6) is -0.762. The lowest BCUT2D eigenvalue weighted by atomic mass is 9.83. The quantitative estimate of drug-likeness (QED) is 0.440. The first-order valence-corrected chi connectivity index (χ1v) is 12.4. The predicted molar refractivity (Wildman–Crippen MR) is 119 cm³/mol. The highest BCUT2D eigenvalue weighted by molar-refractivity contribution is 7.98. The van der Waals surface area contributed by atoms with Gasteiger partial charge in [0, 0.05) is 11.6 Å². The molecule has 2 aromatic rings. The van der Waals surface area contributed by atoms with Crippen LogP contribution in [0.3, 0.4) is 0 Å². The van der Waals surface area contributed by atoms with Crippen LogP contribution in [0.15, 0.2) is 40.0 Å². The van der Waals surface area contributed by atoms with Gasteiger partial charge in [0.1, 0.15) is 0 Å². The second-order valence-corrected chi connectivity index (χ2v) is 9.28. The van der Waals surface area contributed by atoms with Gasteiger partial charge in [-0.1, -0.05) is 55.6 Å². The summed E-state index contributed by atoms with van der Waals surface area (Å²) >= 11 is 1.27. The van der Waals surface area contributed by atoms with E-state index >= 15 is 0 Å². The molecule has 4 rings (SSSR count). The number of hydrogen-bond donors (Lipinski definition) is 2. The molecule has 0 spiro atoms. The Kier molecular flexibility index (Phi) is 7.24. The molecular formula is C23H28N4O4S. The van der Waals surface area contributed by atoms with E-state index in [-0.39, 0.29) is 35.4 Å². The fourth-order valence-electron chi connectivity index (χ4n) is 4.20. The first kappa shape index (κ1) is 22.5. The molecule has 2 aliphatic carbocycles. The highest BCUT2D eigenvalue weighted by Crippen LogP contribution is 2.34. The van der Waals surface area contributed by atoms with Crippen molar-refractivity contribution in [2.45, 2.75) is 62.3 Å². The Balaban J connectivity index is 1.44. The molecule has 2 fully saturated rings. The fraction of sp³-hybridized carbons (Fsp3) is 0.522. The summed E-state index contributed by atoms with van der Waals surface area (Å²) in [5.41, 5.74) is 0.569. The SMILES string of the molecule is CSc1nnc(C(=O)C(CC2CC2)NC(=O)[C@@H]2CCCC[C@@H]2NC(=O)c2ccccc2)o1. The van der Waals surface area contributed by atoms with E-state index in [1.54, 1.807) is 18.4 Å². The van der Waals surface area contributed by atoms with Gasteiger partial charge in [-0.25, -0.2) is 0 Å². The first-order valence-electron chi connectivity index (χ1n) is 11.1. The van der Waals surface area contributed by atoms with E-state index in [0.717, 1.165) is 32.1 Å². The van der Waals surface area contributed by atoms with Gasteiger partial charge in [-0.3, -0.25) is 14.4 Å². The molecule has 0 bridgehead atoms. The van der Waals surface area contributed by atoms with Gasteiger partial charge < -0.3 is 15.1 Å². The second-order valence-electron chi connectivity index (χ2n) is 8.52. The molecule has 0 saturated heterocycles. The molecule has 0 radical (unpaired) electrons. The van der Waals surface area contributed by atoms with Crippen molar-refractivity contribution in [3.8, 4) is 0 Å². The van der Waals surface area contributed by atoms with Gasteiger partial charge in [-0.05, 0) is 43.6 Å². The second kappa shape index (κ2) is 10.3. The largest absolute Gasteiger partial charge is 0.408 e. The lowest BCUT2D eigenvalue weighted by molar-refractivity contribution is -0.127. The lowest BCUT2D eigenvalue weighted by Crippen LogP contribution is -2.51. The maximum atomic E-state index is 13.3. The number of nitrogens with zero attached hydrogens (tertiary/aromatic N) is 2. The van der Waals surface area contributed by atoms with Gasteiger partial charge in [0.05, 0.1) is 12.0 Å². The summed E-state index contributed by atoms with van der Waals surface area (Å²) in [4.78, 5) is 38.9. The van der Waals surface area contributed by atoms with Crippen LogP contribution in [0.4, 0.5) is 0 Å². The van der Waals surface area contributed by atoms with E-state index in [4.69, 9.17) is 4.42 Å². The minimum absolute atomic E-state index is 0.0714. The van der Waals surface area contributed by atoms with Crippen molar-refractivity contribution in [2.75, 3.05) is 6.26 Å². The number of thioether (sulfide) groups is 1. The Morgan fingerprint density at radius 2 is 1.84 bits per heavy atom. The van der Waals surface area contributed by atoms with Gasteiger partial charge in [0.2, 0.25) is 11.7 Å². The lowest BCUT2D eigenvalue weighted by Gasteiger charge is -2.32. The number of Topliss-reactive ketones (excluding diaryl/α,β-unsaturated/α-hetero) is 1. The van der Waals surface area contributed by atoms with Crippen molar-refractivity contribution in [1.82, 2.24) is 20.8 Å². The van der Waals surface area contributed by atoms with Crippen LogP contribution in [0.25, 0.3) is 0 Å². The average molecular weight is 457 g/mol. The van der Waals surface area contributed by atoms with Gasteiger partial charge >= 0.3 is 0 Å². The number of ketones is 1. The van der Waals surface area contributed by atoms with Crippen LogP contribution in [0.1, 0.15) is 66.0 Å². The first-order chi connectivity index (χ1) is 15.5. The normalized spacial score (nSPS) is 21.5. The number of amides is 2. The molecule has 3 atom stereocenters. The maximum Gasteiger partial charge on any atom is 0.286 e. The molecule has 1 aromatic carbocycles. The van der Waals surface area contributed by atoms with Crippen molar-refractivity contribution >= 4 is 29.4 Å². The summed E-state index contributed by atoms with van der Waals surface area (Å²) in [6.07, 6.45) is 7.74. The van der Waals surface area contributed by atoms with Crippen molar-refractivity contribution in [2.24, 2.45) is 11.8 Å². The Morgan fingerprint density at radius 3 is 2.53 bits per heavy atom. The van der Waals surface area contributed by atoms with Crippen LogP contribution in [0.2, 0.25) is 0 Å². The molecule has 2 saturated carbocycles. The molecule has 2 N–H and O–H groups in total. The van der Waals surface area contributed by atoms with Crippen LogP contribution < -0.4 is 10.6 Å². The molecule has 1 unspecified atom stereocenters. The monoisotopic (exact) mass is 456 g/mol. The molecule has 32 heavy (non-hydrogen) atoms. The summed E-state index contributed by atoms with van der Waals surface area (Å²) in [5, 5.41) is 14.0. The van der Waals surface area contributed by atoms with E-state index < -0.39 is 6.04 Å². The minimum atomic E-state index is -0.697. The number of carbonyl (C=O) groups excluding carboxylic acids is 3. The number of carbonyl (C=O) groups is 3. The minimum Gasteiger partial charge on any atom is -0.408 e. The highest BCUT2D eigenvalue weighted by atomic mass is 32.2. The van der Waals surface area contributed by atoms with Crippen molar-refractivity contribution < 1.29 is 18.8 Å². The zero-order valence-electron chi connectivity index (χ0n) is 18.1. The van der Waals surface area contributed by atoms with Gasteiger partial charge in [-0.2, -0.15) is 0 Å². The third kappa shape index (κ3) is 5.56. The van der Waals surface area contributed by atoms with Gasteiger partial charge in [0.15, 0.2) is 0 Å². The summed E-state index contributed by atoms with van der Waals surface area (Å²) in [6, 6.07) is 8.03. The summed E-state index contributed by atoms with van der Waals surface area (Å²) < 4.78 is 5.41. The number of aromatic nitrogens is 2. The fourth-order valence-corrected chi connectivity index (χ4v) is 4.48. The highest BCUT2D eigenvalue weighted by Gasteiger charge is 2.37. The zero-order chi connectivity index (χ0) is 22.5. The standard InChI is InChI=1S/C23H28N4O4S/c1-32-23-27-26-22(31-23)19(28)18(13-14-11-12-14)25-21(30)16-9-5-6-10-17(16)24-20(29)15-7-3-2-4-8-15/h2-4,7-8,14,16-18H,5-6,9-13H2,1H3,(H,24,29)(H,25,30)/t16-,17+,18?/m1/s1. The van der Waals surface area contributed by atoms with E-state index in [1.807, 2.05) is 18.2 Å². The zero-order valence-corrected chi connectivity index (χ0v) is 18.9. The molecule has 2 amide bonds. The molecule has 8 nitrogen and oxygen atoms in total. The maximum absolute atomic E-state index is 13.3. The number of hydrogen-bond acceptors (Lipinski definition) is 7. The van der Waals surface area contributed by atoms with E-state index in [1.165, 1.54) is 11.8 Å². The molecule has 9 heteroatoms. The van der Waals surface area contributed by atoms with E-state index in [9.17, 15) is 14.4 Å². The van der Waals surface area contributed by atoms with Crippen LogP contribution in [0, 0.1) is 11.8 Å². The third-order valence-corrected chi connectivity index (χ3v) is 6.66. The van der Waals surface area contributed by atoms with Crippen LogP contribution in [-0.2, 0) is 4.79 Å². The molecule has 1 heterocycles. The Bertz CT molecular complexity index is 960. The third-order valence-electron chi connectivity index (χ3n) is 6.15. The van der Waals surface area contributed by atoms with Crippen molar-refractivity contribution in [1.29, 1.82) is 0 Å². The Labute approximate surface area is 191 Å². The molecule has 170 valence electrons. The van der Waals surface area contributed by atoms with E-state index in [0.29, 0.717) is 29.5 Å². The Hall–Kier alpha value is -2.68.